The molecule has 5 rings (SSSR count). The van der Waals surface area contributed by atoms with Gasteiger partial charge in [0.15, 0.2) is 0 Å². The Morgan fingerprint density at radius 1 is 0.860 bits per heavy atom. The highest BCUT2D eigenvalue weighted by Crippen LogP contribution is 2.31. The van der Waals surface area contributed by atoms with E-state index in [1.807, 2.05) is 62.3 Å². The number of fused-ring (bicyclic) bond motifs is 1. The lowest BCUT2D eigenvalue weighted by Gasteiger charge is -2.33. The summed E-state index contributed by atoms with van der Waals surface area (Å²) in [7, 11) is 3.81. The van der Waals surface area contributed by atoms with E-state index in [-0.39, 0.29) is 12.1 Å². The third kappa shape index (κ3) is 6.16. The normalized spacial score (nSPS) is 13.0. The van der Waals surface area contributed by atoms with E-state index in [0.29, 0.717) is 16.9 Å². The summed E-state index contributed by atoms with van der Waals surface area (Å²) in [6.07, 6.45) is 0. The number of benzene rings is 4. The van der Waals surface area contributed by atoms with Gasteiger partial charge in [-0.15, -0.1) is 0 Å². The molecule has 4 aromatic rings. The molecule has 0 bridgehead atoms. The van der Waals surface area contributed by atoms with Crippen molar-refractivity contribution in [1.29, 1.82) is 0 Å². The molecule has 1 atom stereocenters. The van der Waals surface area contributed by atoms with Crippen molar-refractivity contribution in [1.82, 2.24) is 4.90 Å². The van der Waals surface area contributed by atoms with Crippen LogP contribution in [0.15, 0.2) is 97.1 Å². The summed E-state index contributed by atoms with van der Waals surface area (Å²) < 4.78 is 14.0. The molecule has 0 unspecified atom stereocenters. The SMILES string of the molecule is Cc1ccccc1CN(C(=O)CN1C(=O)C(=O)c2ccccc21)[C@@H](C(=O)Nc1ccc(N(C)C)cc1)c1ccc(F)cc1. The van der Waals surface area contributed by atoms with Gasteiger partial charge in [-0.05, 0) is 72.1 Å². The zero-order chi connectivity index (χ0) is 30.7. The molecule has 0 saturated carbocycles. The Hall–Kier alpha value is -5.31. The van der Waals surface area contributed by atoms with Gasteiger partial charge in [-0.3, -0.25) is 24.1 Å². The molecule has 0 saturated heterocycles. The number of halogens is 1. The highest BCUT2D eigenvalue weighted by molar-refractivity contribution is 6.52. The molecule has 1 heterocycles. The smallest absolute Gasteiger partial charge is 0.299 e. The van der Waals surface area contributed by atoms with Gasteiger partial charge in [0.05, 0.1) is 11.3 Å². The molecule has 43 heavy (non-hydrogen) atoms. The van der Waals surface area contributed by atoms with Crippen LogP contribution in [0.5, 0.6) is 0 Å². The van der Waals surface area contributed by atoms with Gasteiger partial charge in [-0.2, -0.15) is 0 Å². The van der Waals surface area contributed by atoms with E-state index in [4.69, 9.17) is 0 Å². The molecular formula is C34H31FN4O4. The lowest BCUT2D eigenvalue weighted by molar-refractivity contribution is -0.139. The molecule has 3 amide bonds. The number of aryl methyl sites for hydroxylation is 1. The van der Waals surface area contributed by atoms with Gasteiger partial charge < -0.3 is 15.1 Å². The number of Topliss-reactive ketones (excluding diaryl/α,β-unsaturated/α-hetero) is 1. The van der Waals surface area contributed by atoms with Crippen LogP contribution in [0.3, 0.4) is 0 Å². The topological polar surface area (TPSA) is 90.0 Å². The summed E-state index contributed by atoms with van der Waals surface area (Å²) in [4.78, 5) is 58.3. The maximum absolute atomic E-state index is 14.2. The summed E-state index contributed by atoms with van der Waals surface area (Å²) in [5.74, 6) is -3.07. The van der Waals surface area contributed by atoms with Gasteiger partial charge in [0, 0.05) is 32.0 Å². The number of amides is 3. The Morgan fingerprint density at radius 3 is 2.19 bits per heavy atom. The van der Waals surface area contributed by atoms with Crippen LogP contribution in [0.4, 0.5) is 21.5 Å². The molecule has 0 aliphatic carbocycles. The predicted molar refractivity (Wildman–Crippen MR) is 163 cm³/mol. The van der Waals surface area contributed by atoms with E-state index in [2.05, 4.69) is 5.32 Å². The largest absolute Gasteiger partial charge is 0.378 e. The maximum Gasteiger partial charge on any atom is 0.299 e. The molecule has 8 nitrogen and oxygen atoms in total. The average Bonchev–Trinajstić information content (AvgIpc) is 3.23. The molecule has 0 spiro atoms. The third-order valence-corrected chi connectivity index (χ3v) is 7.49. The predicted octanol–water partition coefficient (Wildman–Crippen LogP) is 5.14. The second-order valence-electron chi connectivity index (χ2n) is 10.6. The minimum Gasteiger partial charge on any atom is -0.378 e. The Kier molecular flexibility index (Phi) is 8.34. The van der Waals surface area contributed by atoms with Crippen LogP contribution in [-0.4, -0.2) is 49.0 Å². The Bertz CT molecular complexity index is 1690. The van der Waals surface area contributed by atoms with Gasteiger partial charge in [0.25, 0.3) is 17.6 Å². The van der Waals surface area contributed by atoms with Crippen LogP contribution in [-0.2, 0) is 20.9 Å². The first-order valence-electron chi connectivity index (χ1n) is 13.8. The van der Waals surface area contributed by atoms with Crippen molar-refractivity contribution < 1.29 is 23.6 Å². The number of carbonyl (C=O) groups excluding carboxylic acids is 4. The van der Waals surface area contributed by atoms with Crippen molar-refractivity contribution >= 4 is 40.6 Å². The molecule has 218 valence electrons. The zero-order valence-corrected chi connectivity index (χ0v) is 24.1. The highest BCUT2D eigenvalue weighted by Gasteiger charge is 2.39. The molecule has 9 heteroatoms. The first kappa shape index (κ1) is 29.2. The van der Waals surface area contributed by atoms with E-state index >= 15 is 0 Å². The number of nitrogens with zero attached hydrogens (tertiary/aromatic N) is 3. The van der Waals surface area contributed by atoms with E-state index in [0.717, 1.165) is 21.7 Å². The van der Waals surface area contributed by atoms with Crippen LogP contribution < -0.4 is 15.1 Å². The van der Waals surface area contributed by atoms with Crippen molar-refractivity contribution in [3.8, 4) is 0 Å². The van der Waals surface area contributed by atoms with E-state index < -0.39 is 41.9 Å². The second kappa shape index (κ2) is 12.3. The fourth-order valence-corrected chi connectivity index (χ4v) is 5.10. The molecular weight excluding hydrogens is 547 g/mol. The van der Waals surface area contributed by atoms with Crippen molar-refractivity contribution in [3.05, 3.63) is 125 Å². The standard InChI is InChI=1S/C34H31FN4O4/c1-22-8-4-5-9-24(22)20-39(30(40)21-38-29-11-7-6-10-28(29)32(41)34(38)43)31(23-12-14-25(35)15-13-23)33(42)36-26-16-18-27(19-17-26)37(2)3/h4-19,31H,20-21H2,1-3H3,(H,36,42)/t31-/m1/s1. The fourth-order valence-electron chi connectivity index (χ4n) is 5.10. The monoisotopic (exact) mass is 578 g/mol. The van der Waals surface area contributed by atoms with Gasteiger partial charge in [0.2, 0.25) is 5.91 Å². The minimum atomic E-state index is -1.19. The number of anilines is 3. The summed E-state index contributed by atoms with van der Waals surface area (Å²) in [5, 5.41) is 2.90. The lowest BCUT2D eigenvalue weighted by Crippen LogP contribution is -2.46. The Labute approximate surface area is 249 Å². The number of hydrogen-bond donors (Lipinski definition) is 1. The van der Waals surface area contributed by atoms with Gasteiger partial charge in [-0.1, -0.05) is 48.5 Å². The van der Waals surface area contributed by atoms with Crippen LogP contribution in [0.1, 0.15) is 33.1 Å². The first-order chi connectivity index (χ1) is 20.6. The Balaban J connectivity index is 1.55. The van der Waals surface area contributed by atoms with Crippen molar-refractivity contribution in [3.63, 3.8) is 0 Å². The van der Waals surface area contributed by atoms with Crippen LogP contribution in [0.25, 0.3) is 0 Å². The van der Waals surface area contributed by atoms with E-state index in [1.165, 1.54) is 29.2 Å². The number of nitrogens with one attached hydrogen (secondary N) is 1. The second-order valence-corrected chi connectivity index (χ2v) is 10.6. The number of para-hydroxylation sites is 1. The lowest BCUT2D eigenvalue weighted by atomic mass is 10.0. The summed E-state index contributed by atoms with van der Waals surface area (Å²) in [6.45, 7) is 1.46. The molecule has 1 aliphatic rings. The Morgan fingerprint density at radius 2 is 1.51 bits per heavy atom. The summed E-state index contributed by atoms with van der Waals surface area (Å²) >= 11 is 0. The molecule has 1 aliphatic heterocycles. The molecule has 4 aromatic carbocycles. The van der Waals surface area contributed by atoms with Crippen LogP contribution in [0.2, 0.25) is 0 Å². The van der Waals surface area contributed by atoms with Gasteiger partial charge >= 0.3 is 0 Å². The van der Waals surface area contributed by atoms with Crippen LogP contribution in [0, 0.1) is 12.7 Å². The fraction of sp³-hybridized carbons (Fsp3) is 0.176. The summed E-state index contributed by atoms with van der Waals surface area (Å²) in [5.41, 5.74) is 4.08. The molecule has 1 N–H and O–H groups in total. The number of ketones is 1. The third-order valence-electron chi connectivity index (χ3n) is 7.49. The first-order valence-corrected chi connectivity index (χ1v) is 13.8. The highest BCUT2D eigenvalue weighted by atomic mass is 19.1. The maximum atomic E-state index is 14.2. The van der Waals surface area contributed by atoms with Gasteiger partial charge in [-0.25, -0.2) is 4.39 Å². The number of rotatable bonds is 9. The van der Waals surface area contributed by atoms with Crippen molar-refractivity contribution in [2.45, 2.75) is 19.5 Å². The van der Waals surface area contributed by atoms with E-state index in [9.17, 15) is 23.6 Å². The zero-order valence-electron chi connectivity index (χ0n) is 24.1. The minimum absolute atomic E-state index is 0.0260. The van der Waals surface area contributed by atoms with Gasteiger partial charge in [0.1, 0.15) is 18.4 Å². The number of carbonyl (C=O) groups is 4. The molecule has 0 radical (unpaired) electrons. The van der Waals surface area contributed by atoms with Crippen molar-refractivity contribution in [2.75, 3.05) is 35.8 Å². The molecule has 0 aromatic heterocycles. The quantitative estimate of drug-likeness (QED) is 0.278. The van der Waals surface area contributed by atoms with Crippen LogP contribution >= 0.6 is 0 Å². The summed E-state index contributed by atoms with van der Waals surface area (Å²) in [6, 6.07) is 25.4. The van der Waals surface area contributed by atoms with E-state index in [1.54, 1.807) is 36.4 Å². The van der Waals surface area contributed by atoms with Crippen molar-refractivity contribution in [2.24, 2.45) is 0 Å². The average molecular weight is 579 g/mol. The number of hydrogen-bond acceptors (Lipinski definition) is 5. The molecule has 0 fully saturated rings.